The first-order chi connectivity index (χ1) is 8.88. The summed E-state index contributed by atoms with van der Waals surface area (Å²) >= 11 is 8.79. The molecule has 0 aliphatic rings. The summed E-state index contributed by atoms with van der Waals surface area (Å²) < 4.78 is 38.0. The Morgan fingerprint density at radius 1 is 1.16 bits per heavy atom. The van der Waals surface area contributed by atoms with Crippen LogP contribution in [0.15, 0.2) is 51.8 Å². The molecule has 0 aliphatic heterocycles. The second-order valence-electron chi connectivity index (χ2n) is 3.96. The van der Waals surface area contributed by atoms with Gasteiger partial charge in [-0.2, -0.15) is 0 Å². The normalized spacial score (nSPS) is 11.5. The Balaban J connectivity index is 2.33. The Kier molecular flexibility index (Phi) is 4.28. The van der Waals surface area contributed by atoms with Crippen molar-refractivity contribution in [3.63, 3.8) is 0 Å². The Bertz CT molecular complexity index is 716. The summed E-state index contributed by atoms with van der Waals surface area (Å²) in [5.41, 5.74) is 0.390. The molecule has 0 spiro atoms. The summed E-state index contributed by atoms with van der Waals surface area (Å²) in [4.78, 5) is 0.128. The van der Waals surface area contributed by atoms with Crippen LogP contribution in [0.4, 0.5) is 4.39 Å². The molecule has 0 N–H and O–H groups in total. The molecule has 0 fully saturated rings. The largest absolute Gasteiger partial charge is 0.223 e. The molecule has 6 heteroatoms. The van der Waals surface area contributed by atoms with Crippen molar-refractivity contribution in [1.82, 2.24) is 0 Å². The Labute approximate surface area is 124 Å². The second-order valence-corrected chi connectivity index (χ2v) is 7.25. The van der Waals surface area contributed by atoms with Crippen LogP contribution in [0.5, 0.6) is 0 Å². The van der Waals surface area contributed by atoms with Crippen molar-refractivity contribution in [2.75, 3.05) is 0 Å². The summed E-state index contributed by atoms with van der Waals surface area (Å²) in [7, 11) is -3.53. The van der Waals surface area contributed by atoms with Crippen LogP contribution in [0, 0.1) is 5.82 Å². The first-order valence-corrected chi connectivity index (χ1v) is 8.13. The molecule has 0 saturated carbocycles. The van der Waals surface area contributed by atoms with E-state index in [4.69, 9.17) is 11.6 Å². The highest BCUT2D eigenvalue weighted by Gasteiger charge is 2.16. The molecule has 0 atom stereocenters. The van der Waals surface area contributed by atoms with Gasteiger partial charge in [-0.1, -0.05) is 23.7 Å². The van der Waals surface area contributed by atoms with E-state index in [0.717, 1.165) is 0 Å². The van der Waals surface area contributed by atoms with Crippen LogP contribution < -0.4 is 0 Å². The lowest BCUT2D eigenvalue weighted by Crippen LogP contribution is -2.05. The van der Waals surface area contributed by atoms with E-state index < -0.39 is 15.7 Å². The fourth-order valence-corrected chi connectivity index (χ4v) is 3.47. The zero-order valence-corrected chi connectivity index (χ0v) is 12.8. The monoisotopic (exact) mass is 362 g/mol. The topological polar surface area (TPSA) is 34.1 Å². The van der Waals surface area contributed by atoms with Gasteiger partial charge >= 0.3 is 0 Å². The van der Waals surface area contributed by atoms with E-state index >= 15 is 0 Å². The van der Waals surface area contributed by atoms with Crippen molar-refractivity contribution < 1.29 is 12.8 Å². The fraction of sp³-hybridized carbons (Fsp3) is 0.0769. The summed E-state index contributed by atoms with van der Waals surface area (Å²) in [5, 5.41) is 0.350. The first-order valence-electron chi connectivity index (χ1n) is 5.31. The van der Waals surface area contributed by atoms with Crippen LogP contribution in [0.25, 0.3) is 0 Å². The van der Waals surface area contributed by atoms with Gasteiger partial charge in [0.25, 0.3) is 0 Å². The molecule has 0 heterocycles. The molecule has 0 unspecified atom stereocenters. The number of rotatable bonds is 3. The Morgan fingerprint density at radius 2 is 1.89 bits per heavy atom. The fourth-order valence-electron chi connectivity index (χ4n) is 1.59. The quantitative estimate of drug-likeness (QED) is 0.818. The molecule has 0 saturated heterocycles. The molecular formula is C13H9BrClFO2S. The molecule has 0 radical (unpaired) electrons. The van der Waals surface area contributed by atoms with Gasteiger partial charge in [-0.15, -0.1) is 0 Å². The zero-order chi connectivity index (χ0) is 14.0. The summed E-state index contributed by atoms with van der Waals surface area (Å²) in [6.07, 6.45) is 0. The van der Waals surface area contributed by atoms with Gasteiger partial charge in [-0.05, 0) is 51.8 Å². The third-order valence-corrected chi connectivity index (χ3v) is 5.06. The van der Waals surface area contributed by atoms with Crippen LogP contribution >= 0.6 is 27.5 Å². The predicted molar refractivity (Wildman–Crippen MR) is 76.4 cm³/mol. The zero-order valence-electron chi connectivity index (χ0n) is 9.61. The molecular weight excluding hydrogens is 355 g/mol. The van der Waals surface area contributed by atoms with E-state index in [2.05, 4.69) is 15.9 Å². The average molecular weight is 364 g/mol. The Morgan fingerprint density at radius 3 is 2.53 bits per heavy atom. The van der Waals surface area contributed by atoms with Crippen molar-refractivity contribution in [3.05, 3.63) is 63.3 Å². The predicted octanol–water partition coefficient (Wildman–Crippen LogP) is 4.22. The summed E-state index contributed by atoms with van der Waals surface area (Å²) in [5.74, 6) is -0.754. The van der Waals surface area contributed by atoms with Crippen molar-refractivity contribution in [2.24, 2.45) is 0 Å². The van der Waals surface area contributed by atoms with E-state index in [9.17, 15) is 12.8 Å². The molecule has 0 amide bonds. The lowest BCUT2D eigenvalue weighted by Gasteiger charge is -2.06. The minimum absolute atomic E-state index is 0.128. The van der Waals surface area contributed by atoms with Crippen molar-refractivity contribution in [1.29, 1.82) is 0 Å². The van der Waals surface area contributed by atoms with E-state index in [-0.39, 0.29) is 10.6 Å². The second kappa shape index (κ2) is 5.61. The van der Waals surface area contributed by atoms with Crippen LogP contribution in [0.3, 0.4) is 0 Å². The van der Waals surface area contributed by atoms with Crippen molar-refractivity contribution in [2.45, 2.75) is 10.6 Å². The lowest BCUT2D eigenvalue weighted by atomic mass is 10.2. The van der Waals surface area contributed by atoms with Crippen LogP contribution in [-0.4, -0.2) is 8.42 Å². The van der Waals surface area contributed by atoms with Gasteiger partial charge in [0.2, 0.25) is 0 Å². The molecule has 0 aromatic heterocycles. The molecule has 2 nitrogen and oxygen atoms in total. The maximum absolute atomic E-state index is 13.4. The molecule has 0 bridgehead atoms. The van der Waals surface area contributed by atoms with E-state index in [0.29, 0.717) is 15.1 Å². The number of hydrogen-bond acceptors (Lipinski definition) is 2. The highest BCUT2D eigenvalue weighted by Crippen LogP contribution is 2.22. The van der Waals surface area contributed by atoms with Gasteiger partial charge in [0.1, 0.15) is 5.82 Å². The molecule has 100 valence electrons. The van der Waals surface area contributed by atoms with Crippen LogP contribution in [-0.2, 0) is 15.6 Å². The highest BCUT2D eigenvalue weighted by molar-refractivity contribution is 9.10. The number of hydrogen-bond donors (Lipinski definition) is 0. The van der Waals surface area contributed by atoms with Gasteiger partial charge in [-0.25, -0.2) is 12.8 Å². The summed E-state index contributed by atoms with van der Waals surface area (Å²) in [6.45, 7) is 0. The first kappa shape index (κ1) is 14.5. The van der Waals surface area contributed by atoms with Crippen molar-refractivity contribution in [3.8, 4) is 0 Å². The van der Waals surface area contributed by atoms with Gasteiger partial charge in [0, 0.05) is 5.02 Å². The summed E-state index contributed by atoms with van der Waals surface area (Å²) in [6, 6.07) is 10.3. The van der Waals surface area contributed by atoms with Gasteiger partial charge in [-0.3, -0.25) is 0 Å². The molecule has 0 aliphatic carbocycles. The third-order valence-electron chi connectivity index (χ3n) is 2.50. The SMILES string of the molecule is O=S(=O)(Cc1ccc(Br)c(F)c1)c1cccc(Cl)c1. The molecule has 2 aromatic carbocycles. The van der Waals surface area contributed by atoms with E-state index in [1.165, 1.54) is 24.3 Å². The van der Waals surface area contributed by atoms with Gasteiger partial charge in [0.05, 0.1) is 15.1 Å². The van der Waals surface area contributed by atoms with E-state index in [1.54, 1.807) is 18.2 Å². The molecule has 2 aromatic rings. The Hall–Kier alpha value is -0.910. The number of halogens is 3. The highest BCUT2D eigenvalue weighted by atomic mass is 79.9. The lowest BCUT2D eigenvalue weighted by molar-refractivity contribution is 0.594. The van der Waals surface area contributed by atoms with E-state index in [1.807, 2.05) is 0 Å². The average Bonchev–Trinajstić information content (AvgIpc) is 2.33. The third kappa shape index (κ3) is 3.55. The van der Waals surface area contributed by atoms with Gasteiger partial charge in [0.15, 0.2) is 9.84 Å². The van der Waals surface area contributed by atoms with Crippen molar-refractivity contribution >= 4 is 37.4 Å². The molecule has 2 rings (SSSR count). The minimum atomic E-state index is -3.53. The van der Waals surface area contributed by atoms with Crippen LogP contribution in [0.2, 0.25) is 5.02 Å². The maximum Gasteiger partial charge on any atom is 0.182 e. The molecule has 19 heavy (non-hydrogen) atoms. The minimum Gasteiger partial charge on any atom is -0.223 e. The maximum atomic E-state index is 13.4. The smallest absolute Gasteiger partial charge is 0.182 e. The van der Waals surface area contributed by atoms with Crippen LogP contribution in [0.1, 0.15) is 5.56 Å². The number of sulfone groups is 1. The van der Waals surface area contributed by atoms with Gasteiger partial charge < -0.3 is 0 Å². The number of benzene rings is 2. The standard InChI is InChI=1S/C13H9BrClFO2S/c14-12-5-4-9(6-13(12)16)8-19(17,18)11-3-1-2-10(15)7-11/h1-7H,8H2.